The second-order valence-corrected chi connectivity index (χ2v) is 7.15. The zero-order valence-electron chi connectivity index (χ0n) is 13.4. The Hall–Kier alpha value is -1.36. The molecule has 0 saturated heterocycles. The summed E-state index contributed by atoms with van der Waals surface area (Å²) in [5.41, 5.74) is 3.37. The summed E-state index contributed by atoms with van der Waals surface area (Å²) in [5, 5.41) is 14.0. The van der Waals surface area contributed by atoms with E-state index in [1.54, 1.807) is 11.8 Å². The fraction of sp³-hybridized carbons (Fsp3) is 0.588. The zero-order valence-corrected chi connectivity index (χ0v) is 14.2. The fourth-order valence-corrected chi connectivity index (χ4v) is 4.47. The summed E-state index contributed by atoms with van der Waals surface area (Å²) in [7, 11) is 0. The van der Waals surface area contributed by atoms with Gasteiger partial charge in [-0.25, -0.2) is 0 Å². The van der Waals surface area contributed by atoms with Crippen molar-refractivity contribution in [3.8, 4) is 0 Å². The number of aliphatic hydroxyl groups is 1. The van der Waals surface area contributed by atoms with Crippen molar-refractivity contribution in [2.24, 2.45) is 0 Å². The van der Waals surface area contributed by atoms with Crippen LogP contribution in [0.3, 0.4) is 0 Å². The molecule has 0 aliphatic carbocycles. The van der Waals surface area contributed by atoms with Crippen LogP contribution in [0.4, 0.5) is 0 Å². The van der Waals surface area contributed by atoms with E-state index in [2.05, 4.69) is 19.2 Å². The maximum Gasteiger partial charge on any atom is 0.259 e. The van der Waals surface area contributed by atoms with Gasteiger partial charge in [0.05, 0.1) is 17.9 Å². The van der Waals surface area contributed by atoms with E-state index in [4.69, 9.17) is 0 Å². The lowest BCUT2D eigenvalue weighted by Crippen LogP contribution is -2.28. The number of thioether (sulfide) groups is 1. The Labute approximate surface area is 136 Å². The lowest BCUT2D eigenvalue weighted by molar-refractivity contribution is -0.125. The van der Waals surface area contributed by atoms with E-state index in [9.17, 15) is 9.90 Å². The fourth-order valence-electron chi connectivity index (χ4n) is 3.26. The number of aliphatic hydroxyl groups excluding tert-OH is 1. The lowest BCUT2D eigenvalue weighted by Gasteiger charge is -2.19. The Morgan fingerprint density at radius 1 is 1.27 bits per heavy atom. The molecule has 22 heavy (non-hydrogen) atoms. The number of nitrogens with zero attached hydrogens (tertiary/aromatic N) is 1. The van der Waals surface area contributed by atoms with E-state index in [0.717, 1.165) is 42.1 Å². The third kappa shape index (κ3) is 2.56. The summed E-state index contributed by atoms with van der Waals surface area (Å²) in [6.45, 7) is 5.61. The first-order chi connectivity index (χ1) is 10.7. The van der Waals surface area contributed by atoms with E-state index < -0.39 is 0 Å². The minimum absolute atomic E-state index is 0.0298. The number of dihydropyridines is 1. The van der Waals surface area contributed by atoms with E-state index in [0.29, 0.717) is 12.1 Å². The molecule has 5 heteroatoms. The summed E-state index contributed by atoms with van der Waals surface area (Å²) in [5.74, 6) is 0.955. The molecule has 3 heterocycles. The molecule has 120 valence electrons. The van der Waals surface area contributed by atoms with Crippen LogP contribution in [-0.2, 0) is 4.79 Å². The minimum atomic E-state index is -0.0298. The Morgan fingerprint density at radius 3 is 2.82 bits per heavy atom. The largest absolute Gasteiger partial charge is 0.507 e. The van der Waals surface area contributed by atoms with Crippen LogP contribution in [0.5, 0.6) is 0 Å². The molecule has 0 radical (unpaired) electrons. The van der Waals surface area contributed by atoms with Crippen LogP contribution >= 0.6 is 11.8 Å². The van der Waals surface area contributed by atoms with Crippen LogP contribution in [0.25, 0.3) is 0 Å². The molecule has 0 atom stereocenters. The van der Waals surface area contributed by atoms with Crippen molar-refractivity contribution in [2.75, 3.05) is 18.8 Å². The van der Waals surface area contributed by atoms with Gasteiger partial charge in [0.2, 0.25) is 0 Å². The highest BCUT2D eigenvalue weighted by atomic mass is 32.2. The Kier molecular flexibility index (Phi) is 4.52. The number of amides is 1. The minimum Gasteiger partial charge on any atom is -0.507 e. The Balaban J connectivity index is 1.84. The van der Waals surface area contributed by atoms with Gasteiger partial charge in [-0.05, 0) is 19.3 Å². The van der Waals surface area contributed by atoms with Crippen molar-refractivity contribution in [2.45, 2.75) is 46.0 Å². The normalized spacial score (nSPS) is 20.8. The molecule has 0 saturated carbocycles. The van der Waals surface area contributed by atoms with Gasteiger partial charge >= 0.3 is 0 Å². The molecule has 3 aliphatic heterocycles. The second-order valence-electron chi connectivity index (χ2n) is 6.08. The number of nitrogens with one attached hydrogen (secondary N) is 1. The predicted molar refractivity (Wildman–Crippen MR) is 90.3 cm³/mol. The highest BCUT2D eigenvalue weighted by Gasteiger charge is 2.39. The SMILES string of the molecule is CCCCCC1=C2NC3=C(C(=O)N(CCC)C3)C(O)=C2CS1. The molecule has 0 aromatic carbocycles. The summed E-state index contributed by atoms with van der Waals surface area (Å²) in [4.78, 5) is 15.6. The van der Waals surface area contributed by atoms with Gasteiger partial charge in [0, 0.05) is 22.8 Å². The lowest BCUT2D eigenvalue weighted by atomic mass is 10.0. The number of carbonyl (C=O) groups is 1. The standard InChI is InChI=1S/C17H24N2O2S/c1-3-5-6-7-13-15-11(10-22-13)16(20)14-12(18-15)9-19(8-4-2)17(14)21/h18,20H,3-10H2,1-2H3. The molecular weight excluding hydrogens is 296 g/mol. The van der Waals surface area contributed by atoms with Gasteiger partial charge in [0.1, 0.15) is 11.3 Å². The molecule has 0 aromatic heterocycles. The first-order valence-corrected chi connectivity index (χ1v) is 9.24. The average molecular weight is 320 g/mol. The number of allylic oxidation sites excluding steroid dienone is 2. The van der Waals surface area contributed by atoms with Gasteiger partial charge in [0.25, 0.3) is 5.91 Å². The van der Waals surface area contributed by atoms with Crippen molar-refractivity contribution in [1.82, 2.24) is 10.2 Å². The summed E-state index contributed by atoms with van der Waals surface area (Å²) < 4.78 is 0. The van der Waals surface area contributed by atoms with Crippen LogP contribution in [0.2, 0.25) is 0 Å². The quantitative estimate of drug-likeness (QED) is 0.736. The van der Waals surface area contributed by atoms with Crippen molar-refractivity contribution < 1.29 is 9.90 Å². The molecule has 4 nitrogen and oxygen atoms in total. The van der Waals surface area contributed by atoms with E-state index >= 15 is 0 Å². The van der Waals surface area contributed by atoms with Crippen molar-refractivity contribution >= 4 is 17.7 Å². The third-order valence-corrected chi connectivity index (χ3v) is 5.61. The van der Waals surface area contributed by atoms with Crippen molar-refractivity contribution in [3.63, 3.8) is 0 Å². The van der Waals surface area contributed by atoms with E-state index in [1.165, 1.54) is 24.2 Å². The first-order valence-electron chi connectivity index (χ1n) is 8.25. The van der Waals surface area contributed by atoms with Crippen LogP contribution in [0.1, 0.15) is 46.0 Å². The molecular formula is C17H24N2O2S. The number of hydrogen-bond donors (Lipinski definition) is 2. The maximum atomic E-state index is 12.4. The van der Waals surface area contributed by atoms with Gasteiger partial charge in [-0.15, -0.1) is 11.8 Å². The Bertz CT molecular complexity index is 589. The summed E-state index contributed by atoms with van der Waals surface area (Å²) in [6.07, 6.45) is 5.63. The summed E-state index contributed by atoms with van der Waals surface area (Å²) in [6, 6.07) is 0. The van der Waals surface area contributed by atoms with Gasteiger partial charge < -0.3 is 15.3 Å². The molecule has 1 amide bonds. The molecule has 0 spiro atoms. The maximum absolute atomic E-state index is 12.4. The molecule has 3 aliphatic rings. The monoisotopic (exact) mass is 320 g/mol. The topological polar surface area (TPSA) is 52.6 Å². The van der Waals surface area contributed by atoms with Crippen LogP contribution in [0.15, 0.2) is 33.2 Å². The van der Waals surface area contributed by atoms with Crippen molar-refractivity contribution in [3.05, 3.63) is 33.2 Å². The highest BCUT2D eigenvalue weighted by molar-refractivity contribution is 8.03. The molecule has 0 fully saturated rings. The molecule has 3 rings (SSSR count). The van der Waals surface area contributed by atoms with Gasteiger partial charge in [0.15, 0.2) is 0 Å². The smallest absolute Gasteiger partial charge is 0.259 e. The molecule has 0 unspecified atom stereocenters. The van der Waals surface area contributed by atoms with Gasteiger partial charge in [-0.3, -0.25) is 4.79 Å². The average Bonchev–Trinajstić information content (AvgIpc) is 3.03. The number of rotatable bonds is 6. The van der Waals surface area contributed by atoms with E-state index in [-0.39, 0.29) is 11.7 Å². The molecule has 0 aromatic rings. The second kappa shape index (κ2) is 6.41. The van der Waals surface area contributed by atoms with Gasteiger partial charge in [-0.1, -0.05) is 26.7 Å². The van der Waals surface area contributed by atoms with Crippen molar-refractivity contribution in [1.29, 1.82) is 0 Å². The Morgan fingerprint density at radius 2 is 2.09 bits per heavy atom. The van der Waals surface area contributed by atoms with E-state index in [1.807, 2.05) is 4.90 Å². The first kappa shape index (κ1) is 15.5. The van der Waals surface area contributed by atoms with Crippen LogP contribution in [0, 0.1) is 0 Å². The number of carbonyl (C=O) groups excluding carboxylic acids is 1. The highest BCUT2D eigenvalue weighted by Crippen LogP contribution is 2.43. The molecule has 0 bridgehead atoms. The van der Waals surface area contributed by atoms with Crippen LogP contribution < -0.4 is 5.32 Å². The number of unbranched alkanes of at least 4 members (excludes halogenated alkanes) is 2. The van der Waals surface area contributed by atoms with Crippen LogP contribution in [-0.4, -0.2) is 34.8 Å². The third-order valence-electron chi connectivity index (χ3n) is 4.42. The zero-order chi connectivity index (χ0) is 15.7. The predicted octanol–water partition coefficient (Wildman–Crippen LogP) is 3.45. The molecule has 2 N–H and O–H groups in total. The summed E-state index contributed by atoms with van der Waals surface area (Å²) >= 11 is 1.80. The van der Waals surface area contributed by atoms with Gasteiger partial charge in [-0.2, -0.15) is 0 Å². The number of fused-ring (bicyclic) bond motifs is 1. The number of hydrogen-bond acceptors (Lipinski definition) is 4.